The molecule has 0 radical (unpaired) electrons. The lowest BCUT2D eigenvalue weighted by Gasteiger charge is -2.06. The second-order valence-corrected chi connectivity index (χ2v) is 7.71. The molecule has 0 heterocycles. The predicted octanol–water partition coefficient (Wildman–Crippen LogP) is 2.93. The zero-order valence-corrected chi connectivity index (χ0v) is 15.9. The average molecular weight is 426 g/mol. The molecule has 2 aromatic carbocycles. The molecule has 0 bridgehead atoms. The Morgan fingerprint density at radius 1 is 0.750 bits per heavy atom. The van der Waals surface area contributed by atoms with Crippen molar-refractivity contribution in [2.75, 3.05) is 0 Å². The molecule has 2 aromatic rings. The van der Waals surface area contributed by atoms with Gasteiger partial charge in [-0.2, -0.15) is 0 Å². The van der Waals surface area contributed by atoms with E-state index in [0.717, 1.165) is 0 Å². The summed E-state index contributed by atoms with van der Waals surface area (Å²) in [5.41, 5.74) is 0.981. The molecule has 0 aliphatic carbocycles. The second kappa shape index (κ2) is 9.12. The smallest absolute Gasteiger partial charge is 0.404 e. The van der Waals surface area contributed by atoms with Crippen LogP contribution in [-0.2, 0) is 13.9 Å². The molecule has 2 rings (SSSR count). The third-order valence-corrected chi connectivity index (χ3v) is 3.94. The van der Waals surface area contributed by atoms with Gasteiger partial charge in [-0.3, -0.25) is 24.4 Å². The molecule has 0 aromatic heterocycles. The molecule has 0 amide bonds. The Morgan fingerprint density at radius 3 is 1.50 bits per heavy atom. The monoisotopic (exact) mass is 426 g/mol. The molecule has 0 atom stereocenters. The van der Waals surface area contributed by atoms with E-state index in [9.17, 15) is 13.9 Å². The largest absolute Gasteiger partial charge is 0.524 e. The highest BCUT2D eigenvalue weighted by molar-refractivity contribution is 7.47. The lowest BCUT2D eigenvalue weighted by Crippen LogP contribution is -1.91. The topological polar surface area (TPSA) is 151 Å². The minimum Gasteiger partial charge on any atom is -0.404 e. The minimum absolute atomic E-state index is 0.0413. The van der Waals surface area contributed by atoms with E-state index in [1.54, 1.807) is 12.1 Å². The van der Waals surface area contributed by atoms with E-state index < -0.39 is 15.6 Å². The van der Waals surface area contributed by atoms with Gasteiger partial charge in [0.2, 0.25) is 0 Å². The normalized spacial score (nSPS) is 12.4. The van der Waals surface area contributed by atoms with Gasteiger partial charge in [0.25, 0.3) is 0 Å². The van der Waals surface area contributed by atoms with Gasteiger partial charge >= 0.3 is 15.6 Å². The Balaban J connectivity index is 2.04. The van der Waals surface area contributed by atoms with E-state index in [4.69, 9.17) is 19.6 Å². The third kappa shape index (κ3) is 8.45. The van der Waals surface area contributed by atoms with Gasteiger partial charge in [-0.05, 0) is 47.5 Å². The summed E-state index contributed by atoms with van der Waals surface area (Å²) < 4.78 is 30.6. The summed E-state index contributed by atoms with van der Waals surface area (Å²) in [6.45, 7) is 0. The molecular formula is C17H16O9P2. The average Bonchev–Trinajstić information content (AvgIpc) is 2.56. The van der Waals surface area contributed by atoms with Crippen molar-refractivity contribution in [1.82, 2.24) is 0 Å². The van der Waals surface area contributed by atoms with E-state index in [0.29, 0.717) is 11.1 Å². The van der Waals surface area contributed by atoms with E-state index in [-0.39, 0.29) is 17.3 Å². The molecular weight excluding hydrogens is 410 g/mol. The van der Waals surface area contributed by atoms with Gasteiger partial charge in [0, 0.05) is 0 Å². The Labute approximate surface area is 160 Å². The Hall–Kier alpha value is -2.51. The van der Waals surface area contributed by atoms with Crippen LogP contribution in [-0.4, -0.2) is 25.4 Å². The highest BCUT2D eigenvalue weighted by Crippen LogP contribution is 2.38. The van der Waals surface area contributed by atoms with Crippen LogP contribution in [0.25, 0.3) is 12.2 Å². The van der Waals surface area contributed by atoms with Crippen molar-refractivity contribution >= 4 is 33.6 Å². The van der Waals surface area contributed by atoms with Crippen LogP contribution in [0.4, 0.5) is 0 Å². The fraction of sp³-hybridized carbons (Fsp3) is 0. The standard InChI is InChI=1S/C17H16O9P2/c18-15(9-7-13-3-1-5-16(11-13)25-27(19,20)21)10-8-14-4-2-6-17(12-14)26-28(22,23)24/h1-12H,(H2,19,20,21)(H2,22,23,24). The molecule has 0 fully saturated rings. The number of carbonyl (C=O) groups excluding carboxylic acids is 1. The van der Waals surface area contributed by atoms with Gasteiger partial charge < -0.3 is 9.05 Å². The SMILES string of the molecule is O=C(C=Cc1cccc(OP(=O)(O)O)c1)C=Cc1cccc(OP(=O)(O)O)c1. The summed E-state index contributed by atoms with van der Waals surface area (Å²) in [7, 11) is -9.34. The van der Waals surface area contributed by atoms with Crippen LogP contribution in [0.2, 0.25) is 0 Å². The van der Waals surface area contributed by atoms with Crippen molar-refractivity contribution in [2.24, 2.45) is 0 Å². The van der Waals surface area contributed by atoms with Gasteiger partial charge in [0.05, 0.1) is 0 Å². The van der Waals surface area contributed by atoms with Crippen molar-refractivity contribution in [1.29, 1.82) is 0 Å². The molecule has 0 aliphatic rings. The second-order valence-electron chi connectivity index (χ2n) is 5.38. The van der Waals surface area contributed by atoms with Crippen molar-refractivity contribution in [3.05, 3.63) is 71.8 Å². The molecule has 4 N–H and O–H groups in total. The van der Waals surface area contributed by atoms with E-state index >= 15 is 0 Å². The Morgan fingerprint density at radius 2 is 1.14 bits per heavy atom. The zero-order valence-electron chi connectivity index (χ0n) is 14.2. The maximum absolute atomic E-state index is 11.9. The number of rotatable bonds is 8. The number of benzene rings is 2. The molecule has 0 saturated heterocycles. The van der Waals surface area contributed by atoms with Crippen LogP contribution in [0.5, 0.6) is 11.5 Å². The highest BCUT2D eigenvalue weighted by Gasteiger charge is 2.16. The van der Waals surface area contributed by atoms with Crippen molar-refractivity contribution in [3.63, 3.8) is 0 Å². The van der Waals surface area contributed by atoms with Crippen molar-refractivity contribution in [2.45, 2.75) is 0 Å². The Bertz CT molecular complexity index is 922. The first-order chi connectivity index (χ1) is 13.0. The van der Waals surface area contributed by atoms with E-state index in [2.05, 4.69) is 9.05 Å². The van der Waals surface area contributed by atoms with Gasteiger partial charge in [0.1, 0.15) is 11.5 Å². The quantitative estimate of drug-likeness (QED) is 0.369. The summed E-state index contributed by atoms with van der Waals surface area (Å²) in [6.07, 6.45) is 5.35. The zero-order chi connectivity index (χ0) is 20.8. The molecule has 148 valence electrons. The van der Waals surface area contributed by atoms with E-state index in [1.165, 1.54) is 60.7 Å². The lowest BCUT2D eigenvalue weighted by molar-refractivity contribution is -0.110. The first-order valence-corrected chi connectivity index (χ1v) is 10.7. The van der Waals surface area contributed by atoms with Crippen LogP contribution in [0, 0.1) is 0 Å². The summed E-state index contributed by atoms with van der Waals surface area (Å²) in [4.78, 5) is 47.1. The fourth-order valence-corrected chi connectivity index (χ4v) is 2.81. The number of ketones is 1. The van der Waals surface area contributed by atoms with Gasteiger partial charge in [0.15, 0.2) is 5.78 Å². The molecule has 0 aliphatic heterocycles. The predicted molar refractivity (Wildman–Crippen MR) is 101 cm³/mol. The van der Waals surface area contributed by atoms with Gasteiger partial charge in [-0.15, -0.1) is 0 Å². The summed E-state index contributed by atoms with van der Waals surface area (Å²) in [6, 6.07) is 11.7. The van der Waals surface area contributed by atoms with Crippen LogP contribution in [0.3, 0.4) is 0 Å². The minimum atomic E-state index is -4.67. The van der Waals surface area contributed by atoms with Crippen LogP contribution >= 0.6 is 15.6 Å². The van der Waals surface area contributed by atoms with Gasteiger partial charge in [-0.25, -0.2) is 9.13 Å². The molecule has 0 unspecified atom stereocenters. The maximum atomic E-state index is 11.9. The summed E-state index contributed by atoms with van der Waals surface area (Å²) in [5.74, 6) is -0.469. The summed E-state index contributed by atoms with van der Waals surface area (Å²) >= 11 is 0. The number of hydrogen-bond acceptors (Lipinski definition) is 5. The molecule has 11 heteroatoms. The molecule has 0 spiro atoms. The van der Waals surface area contributed by atoms with Crippen molar-refractivity contribution in [3.8, 4) is 11.5 Å². The van der Waals surface area contributed by atoms with Crippen molar-refractivity contribution < 1.29 is 42.5 Å². The maximum Gasteiger partial charge on any atom is 0.524 e. The fourth-order valence-electron chi connectivity index (χ4n) is 2.04. The third-order valence-electron chi connectivity index (χ3n) is 3.04. The van der Waals surface area contributed by atoms with Gasteiger partial charge in [-0.1, -0.05) is 36.4 Å². The molecule has 9 nitrogen and oxygen atoms in total. The number of phosphoric acid groups is 2. The molecule has 0 saturated carbocycles. The number of hydrogen-bond donors (Lipinski definition) is 4. The number of allylic oxidation sites excluding steroid dienone is 2. The number of phosphoric ester groups is 2. The molecule has 28 heavy (non-hydrogen) atoms. The van der Waals surface area contributed by atoms with E-state index in [1.807, 2.05) is 0 Å². The number of carbonyl (C=O) groups is 1. The van der Waals surface area contributed by atoms with Crippen LogP contribution in [0.15, 0.2) is 60.7 Å². The first-order valence-electron chi connectivity index (χ1n) is 7.61. The highest BCUT2D eigenvalue weighted by atomic mass is 31.2. The van der Waals surface area contributed by atoms with Crippen LogP contribution in [0.1, 0.15) is 11.1 Å². The summed E-state index contributed by atoms with van der Waals surface area (Å²) in [5, 5.41) is 0. The van der Waals surface area contributed by atoms with Crippen LogP contribution < -0.4 is 9.05 Å². The Kier molecular flexibility index (Phi) is 7.10. The lowest BCUT2D eigenvalue weighted by atomic mass is 10.1. The first kappa shape index (κ1) is 21.8.